The van der Waals surface area contributed by atoms with Crippen LogP contribution in [-0.2, 0) is 0 Å². The highest BCUT2D eigenvalue weighted by molar-refractivity contribution is 5.45. The van der Waals surface area contributed by atoms with Crippen molar-refractivity contribution in [3.8, 4) is 23.7 Å². The van der Waals surface area contributed by atoms with Gasteiger partial charge in [-0.2, -0.15) is 5.26 Å². The molecule has 0 spiro atoms. The predicted octanol–water partition coefficient (Wildman–Crippen LogP) is 2.66. The Bertz CT molecular complexity index is 607. The van der Waals surface area contributed by atoms with Crippen LogP contribution in [0, 0.1) is 23.2 Å². The highest BCUT2D eigenvalue weighted by Gasteiger charge is 1.90. The third kappa shape index (κ3) is 2.87. The van der Waals surface area contributed by atoms with Gasteiger partial charge >= 0.3 is 0 Å². The molecule has 0 radical (unpaired) electrons. The molecule has 0 unspecified atom stereocenters. The molecule has 2 aromatic rings. The second-order valence-electron chi connectivity index (χ2n) is 3.49. The van der Waals surface area contributed by atoms with Gasteiger partial charge in [-0.05, 0) is 48.5 Å². The van der Waals surface area contributed by atoms with Crippen LogP contribution in [-0.4, -0.2) is 5.11 Å². The number of hydrogen-bond donors (Lipinski definition) is 1. The second-order valence-corrected chi connectivity index (χ2v) is 3.49. The van der Waals surface area contributed by atoms with Crippen LogP contribution in [0.5, 0.6) is 5.75 Å². The minimum atomic E-state index is 0.230. The van der Waals surface area contributed by atoms with E-state index in [4.69, 9.17) is 10.4 Å². The summed E-state index contributed by atoms with van der Waals surface area (Å²) < 4.78 is 0. The number of nitriles is 1. The van der Waals surface area contributed by atoms with Gasteiger partial charge in [-0.15, -0.1) is 0 Å². The summed E-state index contributed by atoms with van der Waals surface area (Å²) in [5.74, 6) is 6.20. The number of nitrogens with zero attached hydrogens (tertiary/aromatic N) is 1. The molecule has 0 aliphatic carbocycles. The summed E-state index contributed by atoms with van der Waals surface area (Å²) in [4.78, 5) is 0. The van der Waals surface area contributed by atoms with Crippen molar-refractivity contribution in [1.29, 1.82) is 5.26 Å². The summed E-state index contributed by atoms with van der Waals surface area (Å²) in [5.41, 5.74) is 2.32. The number of rotatable bonds is 0. The van der Waals surface area contributed by atoms with Gasteiger partial charge in [0.05, 0.1) is 11.6 Å². The van der Waals surface area contributed by atoms with Crippen LogP contribution in [0.2, 0.25) is 0 Å². The van der Waals surface area contributed by atoms with Gasteiger partial charge in [0.2, 0.25) is 0 Å². The lowest BCUT2D eigenvalue weighted by Crippen LogP contribution is -1.77. The lowest BCUT2D eigenvalue weighted by atomic mass is 10.1. The summed E-state index contributed by atoms with van der Waals surface area (Å²) in [6.07, 6.45) is 0. The zero-order chi connectivity index (χ0) is 12.1. The Morgan fingerprint density at radius 3 is 1.59 bits per heavy atom. The first-order chi connectivity index (χ1) is 8.28. The molecule has 0 aromatic heterocycles. The molecule has 0 heterocycles. The lowest BCUT2D eigenvalue weighted by Gasteiger charge is -1.92. The lowest BCUT2D eigenvalue weighted by molar-refractivity contribution is 0.475. The topological polar surface area (TPSA) is 44.0 Å². The van der Waals surface area contributed by atoms with E-state index in [1.165, 1.54) is 0 Å². The largest absolute Gasteiger partial charge is 0.508 e. The molecule has 0 aliphatic rings. The van der Waals surface area contributed by atoms with Gasteiger partial charge in [-0.25, -0.2) is 0 Å². The summed E-state index contributed by atoms with van der Waals surface area (Å²) in [6, 6.07) is 15.9. The maximum absolute atomic E-state index is 9.12. The van der Waals surface area contributed by atoms with Crippen molar-refractivity contribution in [2.75, 3.05) is 0 Å². The molecule has 0 amide bonds. The van der Waals surface area contributed by atoms with Gasteiger partial charge < -0.3 is 5.11 Å². The van der Waals surface area contributed by atoms with Gasteiger partial charge in [0.15, 0.2) is 0 Å². The van der Waals surface area contributed by atoms with Gasteiger partial charge in [-0.3, -0.25) is 0 Å². The minimum absolute atomic E-state index is 0.230. The molecule has 80 valence electrons. The molecule has 0 atom stereocenters. The fourth-order valence-corrected chi connectivity index (χ4v) is 1.32. The zero-order valence-electron chi connectivity index (χ0n) is 9.01. The van der Waals surface area contributed by atoms with Crippen LogP contribution >= 0.6 is 0 Å². The molecule has 0 bridgehead atoms. The smallest absolute Gasteiger partial charge is 0.115 e. The van der Waals surface area contributed by atoms with Crippen molar-refractivity contribution in [2.45, 2.75) is 0 Å². The van der Waals surface area contributed by atoms with Crippen molar-refractivity contribution in [3.05, 3.63) is 65.2 Å². The van der Waals surface area contributed by atoms with E-state index >= 15 is 0 Å². The summed E-state index contributed by atoms with van der Waals surface area (Å²) in [5, 5.41) is 17.8. The predicted molar refractivity (Wildman–Crippen MR) is 65.2 cm³/mol. The SMILES string of the molecule is N#Cc1ccc(C#Cc2ccc(O)cc2)cc1. The first-order valence-corrected chi connectivity index (χ1v) is 5.09. The molecule has 0 aliphatic heterocycles. The van der Waals surface area contributed by atoms with Crippen molar-refractivity contribution >= 4 is 0 Å². The maximum atomic E-state index is 9.12. The highest BCUT2D eigenvalue weighted by Crippen LogP contribution is 2.08. The van der Waals surface area contributed by atoms with E-state index in [1.807, 2.05) is 12.1 Å². The minimum Gasteiger partial charge on any atom is -0.508 e. The Kier molecular flexibility index (Phi) is 3.10. The van der Waals surface area contributed by atoms with Gasteiger partial charge in [0.25, 0.3) is 0 Å². The summed E-state index contributed by atoms with van der Waals surface area (Å²) >= 11 is 0. The van der Waals surface area contributed by atoms with Gasteiger partial charge in [0.1, 0.15) is 5.75 Å². The quantitative estimate of drug-likeness (QED) is 0.692. The number of benzene rings is 2. The average molecular weight is 219 g/mol. The maximum Gasteiger partial charge on any atom is 0.115 e. The molecule has 2 heteroatoms. The zero-order valence-corrected chi connectivity index (χ0v) is 9.01. The first kappa shape index (κ1) is 10.8. The van der Waals surface area contributed by atoms with Gasteiger partial charge in [-0.1, -0.05) is 11.8 Å². The van der Waals surface area contributed by atoms with Crippen LogP contribution in [0.1, 0.15) is 16.7 Å². The number of aromatic hydroxyl groups is 1. The van der Waals surface area contributed by atoms with E-state index in [1.54, 1.807) is 36.4 Å². The van der Waals surface area contributed by atoms with E-state index in [2.05, 4.69) is 17.9 Å². The van der Waals surface area contributed by atoms with E-state index in [-0.39, 0.29) is 5.75 Å². The fraction of sp³-hybridized carbons (Fsp3) is 0. The summed E-state index contributed by atoms with van der Waals surface area (Å²) in [7, 11) is 0. The molecule has 2 rings (SSSR count). The Labute approximate surface area is 99.8 Å². The average Bonchev–Trinajstić information content (AvgIpc) is 2.39. The second kappa shape index (κ2) is 4.88. The number of phenols is 1. The molecule has 2 nitrogen and oxygen atoms in total. The molecule has 2 aromatic carbocycles. The Balaban J connectivity index is 2.21. The monoisotopic (exact) mass is 219 g/mol. The highest BCUT2D eigenvalue weighted by atomic mass is 16.3. The first-order valence-electron chi connectivity index (χ1n) is 5.09. The Morgan fingerprint density at radius 2 is 1.12 bits per heavy atom. The van der Waals surface area contributed by atoms with Crippen LogP contribution in [0.15, 0.2) is 48.5 Å². The number of hydrogen-bond acceptors (Lipinski definition) is 2. The molecule has 0 fully saturated rings. The fourth-order valence-electron chi connectivity index (χ4n) is 1.32. The van der Waals surface area contributed by atoms with Crippen molar-refractivity contribution < 1.29 is 5.11 Å². The van der Waals surface area contributed by atoms with Crippen LogP contribution in [0.3, 0.4) is 0 Å². The van der Waals surface area contributed by atoms with Crippen LogP contribution in [0.25, 0.3) is 0 Å². The molecule has 0 saturated heterocycles. The van der Waals surface area contributed by atoms with Crippen molar-refractivity contribution in [2.24, 2.45) is 0 Å². The van der Waals surface area contributed by atoms with E-state index in [9.17, 15) is 0 Å². The molecular formula is C15H9NO. The normalized spacial score (nSPS) is 8.88. The molecular weight excluding hydrogens is 210 g/mol. The van der Waals surface area contributed by atoms with Crippen molar-refractivity contribution in [3.63, 3.8) is 0 Å². The molecule has 17 heavy (non-hydrogen) atoms. The standard InChI is InChI=1S/C15H9NO/c16-11-14-5-3-12(4-6-14)1-2-13-7-9-15(17)10-8-13/h3-10,17H. The number of phenolic OH excluding ortho intramolecular Hbond substituents is 1. The molecule has 0 saturated carbocycles. The van der Waals surface area contributed by atoms with Gasteiger partial charge in [0, 0.05) is 11.1 Å². The van der Waals surface area contributed by atoms with Crippen molar-refractivity contribution in [1.82, 2.24) is 0 Å². The third-order valence-corrected chi connectivity index (χ3v) is 2.23. The van der Waals surface area contributed by atoms with E-state index in [0.29, 0.717) is 5.56 Å². The third-order valence-electron chi connectivity index (χ3n) is 2.23. The molecule has 1 N–H and O–H groups in total. The van der Waals surface area contributed by atoms with E-state index in [0.717, 1.165) is 11.1 Å². The Hall–Kier alpha value is -2.71. The van der Waals surface area contributed by atoms with Crippen LogP contribution in [0.4, 0.5) is 0 Å². The summed E-state index contributed by atoms with van der Waals surface area (Å²) in [6.45, 7) is 0. The van der Waals surface area contributed by atoms with Crippen LogP contribution < -0.4 is 0 Å². The van der Waals surface area contributed by atoms with E-state index < -0.39 is 0 Å². The Morgan fingerprint density at radius 1 is 0.706 bits per heavy atom.